The van der Waals surface area contributed by atoms with Crippen molar-refractivity contribution in [2.45, 2.75) is 25.9 Å². The molecule has 1 unspecified atom stereocenters. The van der Waals surface area contributed by atoms with Crippen LogP contribution in [-0.4, -0.2) is 31.0 Å². The summed E-state index contributed by atoms with van der Waals surface area (Å²) >= 11 is 0. The fraction of sp³-hybridized carbons (Fsp3) is 0.462. The van der Waals surface area contributed by atoms with Crippen LogP contribution < -0.4 is 16.0 Å². The van der Waals surface area contributed by atoms with Crippen LogP contribution in [0.2, 0.25) is 0 Å². The molecule has 1 amide bonds. The van der Waals surface area contributed by atoms with Crippen molar-refractivity contribution in [2.24, 2.45) is 5.84 Å². The molecule has 0 aliphatic heterocycles. The maximum atomic E-state index is 11.2. The minimum absolute atomic E-state index is 0.135. The molecule has 0 aromatic heterocycles. The SMILES string of the molecule is COc1ccc(CN(C)C(C)CC(=O)NN)cc1. The molecule has 0 radical (unpaired) electrons. The lowest BCUT2D eigenvalue weighted by Crippen LogP contribution is -2.37. The minimum Gasteiger partial charge on any atom is -0.497 e. The van der Waals surface area contributed by atoms with E-state index in [4.69, 9.17) is 10.6 Å². The molecule has 0 saturated carbocycles. The first-order valence-corrected chi connectivity index (χ1v) is 5.89. The number of hydrogen-bond donors (Lipinski definition) is 2. The number of hydrogen-bond acceptors (Lipinski definition) is 4. The Morgan fingerprint density at radius 3 is 2.56 bits per heavy atom. The fourth-order valence-corrected chi connectivity index (χ4v) is 1.66. The molecular formula is C13H21N3O2. The molecule has 0 aliphatic rings. The van der Waals surface area contributed by atoms with Gasteiger partial charge in [-0.15, -0.1) is 0 Å². The van der Waals surface area contributed by atoms with Crippen LogP contribution in [0.3, 0.4) is 0 Å². The van der Waals surface area contributed by atoms with Gasteiger partial charge in [0, 0.05) is 19.0 Å². The summed E-state index contributed by atoms with van der Waals surface area (Å²) < 4.78 is 5.11. The monoisotopic (exact) mass is 251 g/mol. The van der Waals surface area contributed by atoms with Crippen molar-refractivity contribution in [2.75, 3.05) is 14.2 Å². The minimum atomic E-state index is -0.149. The zero-order chi connectivity index (χ0) is 13.5. The van der Waals surface area contributed by atoms with E-state index < -0.39 is 0 Å². The zero-order valence-electron chi connectivity index (χ0n) is 11.1. The normalized spacial score (nSPS) is 12.3. The van der Waals surface area contributed by atoms with Crippen LogP contribution in [-0.2, 0) is 11.3 Å². The predicted molar refractivity (Wildman–Crippen MR) is 70.9 cm³/mol. The van der Waals surface area contributed by atoms with Crippen LogP contribution in [0, 0.1) is 0 Å². The Hall–Kier alpha value is -1.59. The average Bonchev–Trinajstić information content (AvgIpc) is 2.39. The molecule has 0 fully saturated rings. The summed E-state index contributed by atoms with van der Waals surface area (Å²) in [7, 11) is 3.63. The van der Waals surface area contributed by atoms with E-state index >= 15 is 0 Å². The number of ether oxygens (including phenoxy) is 1. The molecule has 1 atom stereocenters. The van der Waals surface area contributed by atoms with Crippen molar-refractivity contribution in [3.63, 3.8) is 0 Å². The van der Waals surface area contributed by atoms with E-state index in [1.165, 1.54) is 5.56 Å². The van der Waals surface area contributed by atoms with Crippen LogP contribution >= 0.6 is 0 Å². The summed E-state index contributed by atoms with van der Waals surface area (Å²) in [5.41, 5.74) is 3.33. The van der Waals surface area contributed by atoms with E-state index in [0.29, 0.717) is 6.42 Å². The Kier molecular flexibility index (Phi) is 5.61. The summed E-state index contributed by atoms with van der Waals surface area (Å²) in [4.78, 5) is 13.3. The van der Waals surface area contributed by atoms with Crippen molar-refractivity contribution in [1.29, 1.82) is 0 Å². The number of nitrogens with zero attached hydrogens (tertiary/aromatic N) is 1. The maximum Gasteiger partial charge on any atom is 0.235 e. The second-order valence-electron chi connectivity index (χ2n) is 4.38. The number of nitrogens with two attached hydrogens (primary N) is 1. The van der Waals surface area contributed by atoms with Gasteiger partial charge in [-0.05, 0) is 31.7 Å². The highest BCUT2D eigenvalue weighted by molar-refractivity contribution is 5.75. The van der Waals surface area contributed by atoms with Gasteiger partial charge >= 0.3 is 0 Å². The topological polar surface area (TPSA) is 67.6 Å². The first-order chi connectivity index (χ1) is 8.56. The Bertz CT molecular complexity index is 378. The molecular weight excluding hydrogens is 230 g/mol. The van der Waals surface area contributed by atoms with Crippen LogP contribution in [0.15, 0.2) is 24.3 Å². The number of hydrazine groups is 1. The van der Waals surface area contributed by atoms with Crippen LogP contribution in [0.5, 0.6) is 5.75 Å². The van der Waals surface area contributed by atoms with Crippen molar-refractivity contribution < 1.29 is 9.53 Å². The lowest BCUT2D eigenvalue weighted by Gasteiger charge is -2.24. The van der Waals surface area contributed by atoms with E-state index in [0.717, 1.165) is 12.3 Å². The molecule has 1 rings (SSSR count). The molecule has 3 N–H and O–H groups in total. The first-order valence-electron chi connectivity index (χ1n) is 5.89. The molecule has 0 bridgehead atoms. The van der Waals surface area contributed by atoms with Crippen LogP contribution in [0.4, 0.5) is 0 Å². The average molecular weight is 251 g/mol. The summed E-state index contributed by atoms with van der Waals surface area (Å²) in [5.74, 6) is 5.77. The summed E-state index contributed by atoms with van der Waals surface area (Å²) in [6.45, 7) is 2.78. The summed E-state index contributed by atoms with van der Waals surface area (Å²) in [5, 5.41) is 0. The maximum absolute atomic E-state index is 11.2. The first kappa shape index (κ1) is 14.5. The van der Waals surface area contributed by atoms with E-state index in [2.05, 4.69) is 10.3 Å². The summed E-state index contributed by atoms with van der Waals surface area (Å²) in [6, 6.07) is 8.03. The standard InChI is InChI=1S/C13H21N3O2/c1-10(8-13(17)15-14)16(2)9-11-4-6-12(18-3)7-5-11/h4-7,10H,8-9,14H2,1-3H3,(H,15,17). The van der Waals surface area contributed by atoms with Crippen molar-refractivity contribution in [3.8, 4) is 5.75 Å². The Morgan fingerprint density at radius 1 is 1.44 bits per heavy atom. The van der Waals surface area contributed by atoms with Crippen molar-refractivity contribution >= 4 is 5.91 Å². The zero-order valence-corrected chi connectivity index (χ0v) is 11.1. The molecule has 18 heavy (non-hydrogen) atoms. The van der Waals surface area contributed by atoms with Crippen LogP contribution in [0.1, 0.15) is 18.9 Å². The number of benzene rings is 1. The molecule has 5 nitrogen and oxygen atoms in total. The second kappa shape index (κ2) is 6.98. The second-order valence-corrected chi connectivity index (χ2v) is 4.38. The predicted octanol–water partition coefficient (Wildman–Crippen LogP) is 0.896. The highest BCUT2D eigenvalue weighted by Crippen LogP contribution is 2.14. The number of carbonyl (C=O) groups is 1. The van der Waals surface area contributed by atoms with Crippen molar-refractivity contribution in [3.05, 3.63) is 29.8 Å². The van der Waals surface area contributed by atoms with Crippen LogP contribution in [0.25, 0.3) is 0 Å². The third kappa shape index (κ3) is 4.35. The van der Waals surface area contributed by atoms with Gasteiger partial charge in [-0.25, -0.2) is 5.84 Å². The van der Waals surface area contributed by atoms with Gasteiger partial charge < -0.3 is 4.74 Å². The van der Waals surface area contributed by atoms with Gasteiger partial charge in [-0.2, -0.15) is 0 Å². The van der Waals surface area contributed by atoms with Gasteiger partial charge in [-0.3, -0.25) is 15.1 Å². The molecule has 1 aromatic rings. The van der Waals surface area contributed by atoms with E-state index in [1.54, 1.807) is 7.11 Å². The number of nitrogens with one attached hydrogen (secondary N) is 1. The summed E-state index contributed by atoms with van der Waals surface area (Å²) in [6.07, 6.45) is 0.392. The van der Waals surface area contributed by atoms with Crippen molar-refractivity contribution in [1.82, 2.24) is 10.3 Å². The molecule has 0 spiro atoms. The quantitative estimate of drug-likeness (QED) is 0.448. The van der Waals surface area contributed by atoms with Gasteiger partial charge in [-0.1, -0.05) is 12.1 Å². The lowest BCUT2D eigenvalue weighted by atomic mass is 10.1. The third-order valence-electron chi connectivity index (χ3n) is 2.99. The highest BCUT2D eigenvalue weighted by atomic mass is 16.5. The Labute approximate surface area is 108 Å². The molecule has 0 aliphatic carbocycles. The Balaban J connectivity index is 2.52. The number of amides is 1. The number of rotatable bonds is 6. The third-order valence-corrected chi connectivity index (χ3v) is 2.99. The van der Waals surface area contributed by atoms with Gasteiger partial charge in [0.1, 0.15) is 5.75 Å². The van der Waals surface area contributed by atoms with E-state index in [9.17, 15) is 4.79 Å². The molecule has 1 aromatic carbocycles. The van der Waals surface area contributed by atoms with Gasteiger partial charge in [0.25, 0.3) is 0 Å². The lowest BCUT2D eigenvalue weighted by molar-refractivity contribution is -0.122. The van der Waals surface area contributed by atoms with Gasteiger partial charge in [0.2, 0.25) is 5.91 Å². The fourth-order valence-electron chi connectivity index (χ4n) is 1.66. The molecule has 0 saturated heterocycles. The number of carbonyl (C=O) groups excluding carboxylic acids is 1. The highest BCUT2D eigenvalue weighted by Gasteiger charge is 2.13. The number of methoxy groups -OCH3 is 1. The van der Waals surface area contributed by atoms with Gasteiger partial charge in [0.05, 0.1) is 7.11 Å². The molecule has 0 heterocycles. The Morgan fingerprint density at radius 2 is 2.06 bits per heavy atom. The largest absolute Gasteiger partial charge is 0.497 e. The molecule has 5 heteroatoms. The van der Waals surface area contributed by atoms with E-state index in [-0.39, 0.29) is 11.9 Å². The van der Waals surface area contributed by atoms with Gasteiger partial charge in [0.15, 0.2) is 0 Å². The van der Waals surface area contributed by atoms with E-state index in [1.807, 2.05) is 38.2 Å². The molecule has 100 valence electrons. The smallest absolute Gasteiger partial charge is 0.235 e.